The quantitative estimate of drug-likeness (QED) is 0.849. The second kappa shape index (κ2) is 5.86. The van der Waals surface area contributed by atoms with Crippen LogP contribution < -0.4 is 4.74 Å². The second-order valence-corrected chi connectivity index (χ2v) is 5.87. The number of phenols is 1. The third-order valence-electron chi connectivity index (χ3n) is 2.14. The summed E-state index contributed by atoms with van der Waals surface area (Å²) in [6.07, 6.45) is 0.681. The van der Waals surface area contributed by atoms with Crippen LogP contribution in [-0.4, -0.2) is 31.7 Å². The number of sulfone groups is 1. The summed E-state index contributed by atoms with van der Waals surface area (Å²) < 4.78 is 29.2. The first-order valence-corrected chi connectivity index (χ1v) is 7.20. The van der Waals surface area contributed by atoms with Gasteiger partial charge >= 0.3 is 0 Å². The van der Waals surface area contributed by atoms with Crippen LogP contribution in [0.2, 0.25) is 0 Å². The summed E-state index contributed by atoms with van der Waals surface area (Å²) >= 11 is 0. The van der Waals surface area contributed by atoms with Crippen LogP contribution in [0.15, 0.2) is 23.1 Å². The largest absolute Gasteiger partial charge is 0.504 e. The molecule has 0 heterocycles. The van der Waals surface area contributed by atoms with E-state index in [2.05, 4.69) is 0 Å². The summed E-state index contributed by atoms with van der Waals surface area (Å²) in [5, 5.41) is 9.64. The minimum atomic E-state index is -3.78. The van der Waals surface area contributed by atoms with E-state index in [0.717, 1.165) is 0 Å². The van der Waals surface area contributed by atoms with Crippen molar-refractivity contribution in [3.8, 4) is 11.5 Å². The Morgan fingerprint density at radius 3 is 2.61 bits per heavy atom. The topological polar surface area (TPSA) is 80.7 Å². The summed E-state index contributed by atoms with van der Waals surface area (Å²) in [7, 11) is -3.78. The summed E-state index contributed by atoms with van der Waals surface area (Å²) in [4.78, 5) is 10.8. The number of ketones is 1. The van der Waals surface area contributed by atoms with Crippen molar-refractivity contribution < 1.29 is 23.1 Å². The van der Waals surface area contributed by atoms with Gasteiger partial charge in [-0.1, -0.05) is 13.0 Å². The standard InChI is InChI=1S/C12H16O5S/c1-3-7-17-12-10(14)5-4-6-11(12)18(15,16)8-9(2)13/h4-6,14H,3,7-8H2,1-2H3. The summed E-state index contributed by atoms with van der Waals surface area (Å²) in [5.41, 5.74) is 0. The van der Waals surface area contributed by atoms with Gasteiger partial charge in [-0.3, -0.25) is 4.79 Å². The van der Waals surface area contributed by atoms with Crippen LogP contribution in [0.5, 0.6) is 11.5 Å². The molecule has 0 saturated carbocycles. The van der Waals surface area contributed by atoms with E-state index in [4.69, 9.17) is 4.74 Å². The number of hydrogen-bond donors (Lipinski definition) is 1. The number of para-hydroxylation sites is 1. The van der Waals surface area contributed by atoms with Crippen molar-refractivity contribution in [2.75, 3.05) is 12.4 Å². The number of ether oxygens (including phenoxy) is 1. The number of carbonyl (C=O) groups is 1. The van der Waals surface area contributed by atoms with Crippen molar-refractivity contribution in [3.05, 3.63) is 18.2 Å². The SMILES string of the molecule is CCCOc1c(O)cccc1S(=O)(=O)CC(C)=O. The highest BCUT2D eigenvalue weighted by Gasteiger charge is 2.23. The molecule has 0 radical (unpaired) electrons. The highest BCUT2D eigenvalue weighted by Crippen LogP contribution is 2.34. The summed E-state index contributed by atoms with van der Waals surface area (Å²) in [5.74, 6) is -1.38. The van der Waals surface area contributed by atoms with E-state index in [0.29, 0.717) is 13.0 Å². The second-order valence-electron chi connectivity index (χ2n) is 3.91. The van der Waals surface area contributed by atoms with Crippen molar-refractivity contribution in [2.24, 2.45) is 0 Å². The fourth-order valence-corrected chi connectivity index (χ4v) is 2.87. The van der Waals surface area contributed by atoms with Gasteiger partial charge in [-0.05, 0) is 25.5 Å². The Balaban J connectivity index is 3.23. The zero-order chi connectivity index (χ0) is 13.8. The lowest BCUT2D eigenvalue weighted by atomic mass is 10.3. The van der Waals surface area contributed by atoms with E-state index in [1.54, 1.807) is 0 Å². The first-order valence-electron chi connectivity index (χ1n) is 5.55. The van der Waals surface area contributed by atoms with Gasteiger partial charge in [-0.15, -0.1) is 0 Å². The van der Waals surface area contributed by atoms with Gasteiger partial charge in [0.05, 0.1) is 6.61 Å². The van der Waals surface area contributed by atoms with Gasteiger partial charge in [-0.2, -0.15) is 0 Å². The smallest absolute Gasteiger partial charge is 0.189 e. The number of rotatable bonds is 6. The molecule has 1 rings (SSSR count). The molecular formula is C12H16O5S. The number of phenolic OH excluding ortho intramolecular Hbond substituents is 1. The molecule has 0 fully saturated rings. The van der Waals surface area contributed by atoms with E-state index in [1.807, 2.05) is 6.92 Å². The van der Waals surface area contributed by atoms with Crippen LogP contribution in [0.25, 0.3) is 0 Å². The maximum Gasteiger partial charge on any atom is 0.189 e. The van der Waals surface area contributed by atoms with Crippen molar-refractivity contribution in [3.63, 3.8) is 0 Å². The molecule has 1 aromatic rings. The molecule has 0 spiro atoms. The molecule has 0 saturated heterocycles. The summed E-state index contributed by atoms with van der Waals surface area (Å²) in [6.45, 7) is 3.36. The van der Waals surface area contributed by atoms with Crippen molar-refractivity contribution in [1.82, 2.24) is 0 Å². The molecule has 100 valence electrons. The van der Waals surface area contributed by atoms with E-state index in [-0.39, 0.29) is 16.4 Å². The molecule has 1 N–H and O–H groups in total. The van der Waals surface area contributed by atoms with Crippen LogP contribution in [0, 0.1) is 0 Å². The van der Waals surface area contributed by atoms with Crippen LogP contribution in [0.4, 0.5) is 0 Å². The Kier molecular flexibility index (Phi) is 4.72. The van der Waals surface area contributed by atoms with Crippen molar-refractivity contribution >= 4 is 15.6 Å². The molecule has 0 aliphatic heterocycles. The number of hydrogen-bond acceptors (Lipinski definition) is 5. The van der Waals surface area contributed by atoms with E-state index in [9.17, 15) is 18.3 Å². The molecule has 0 aromatic heterocycles. The van der Waals surface area contributed by atoms with Crippen molar-refractivity contribution in [2.45, 2.75) is 25.2 Å². The fraction of sp³-hybridized carbons (Fsp3) is 0.417. The van der Waals surface area contributed by atoms with Gasteiger partial charge in [-0.25, -0.2) is 8.42 Å². The molecule has 0 amide bonds. The molecule has 0 unspecified atom stereocenters. The number of benzene rings is 1. The Morgan fingerprint density at radius 1 is 1.39 bits per heavy atom. The lowest BCUT2D eigenvalue weighted by Crippen LogP contribution is -2.14. The predicted molar refractivity (Wildman–Crippen MR) is 66.6 cm³/mol. The van der Waals surface area contributed by atoms with E-state index < -0.39 is 21.4 Å². The molecule has 0 aliphatic carbocycles. The average Bonchev–Trinajstić information content (AvgIpc) is 2.25. The first-order chi connectivity index (χ1) is 8.38. The van der Waals surface area contributed by atoms with Gasteiger partial charge < -0.3 is 9.84 Å². The third-order valence-corrected chi connectivity index (χ3v) is 3.92. The van der Waals surface area contributed by atoms with Crippen LogP contribution in [0.1, 0.15) is 20.3 Å². The monoisotopic (exact) mass is 272 g/mol. The third kappa shape index (κ3) is 3.46. The molecule has 5 nitrogen and oxygen atoms in total. The van der Waals surface area contributed by atoms with Crippen LogP contribution in [-0.2, 0) is 14.6 Å². The molecule has 0 bridgehead atoms. The zero-order valence-corrected chi connectivity index (χ0v) is 11.2. The molecule has 0 atom stereocenters. The number of carbonyl (C=O) groups excluding carboxylic acids is 1. The lowest BCUT2D eigenvalue weighted by molar-refractivity contribution is -0.114. The van der Waals surface area contributed by atoms with Gasteiger partial charge in [0.25, 0.3) is 0 Å². The molecule has 18 heavy (non-hydrogen) atoms. The Morgan fingerprint density at radius 2 is 2.06 bits per heavy atom. The first kappa shape index (κ1) is 14.5. The van der Waals surface area contributed by atoms with Gasteiger partial charge in [0, 0.05) is 0 Å². The zero-order valence-electron chi connectivity index (χ0n) is 10.3. The predicted octanol–water partition coefficient (Wildman–Crippen LogP) is 1.54. The van der Waals surface area contributed by atoms with Crippen LogP contribution >= 0.6 is 0 Å². The lowest BCUT2D eigenvalue weighted by Gasteiger charge is -2.12. The number of Topliss-reactive ketones (excluding diaryl/α,β-unsaturated/α-hetero) is 1. The Hall–Kier alpha value is -1.56. The fourth-order valence-electron chi connectivity index (χ4n) is 1.44. The van der Waals surface area contributed by atoms with E-state index >= 15 is 0 Å². The molecule has 6 heteroatoms. The maximum absolute atomic E-state index is 12.0. The molecule has 0 aliphatic rings. The van der Waals surface area contributed by atoms with Gasteiger partial charge in [0.15, 0.2) is 21.3 Å². The normalized spacial score (nSPS) is 11.2. The van der Waals surface area contributed by atoms with Crippen LogP contribution in [0.3, 0.4) is 0 Å². The van der Waals surface area contributed by atoms with E-state index in [1.165, 1.54) is 25.1 Å². The van der Waals surface area contributed by atoms with Crippen molar-refractivity contribution in [1.29, 1.82) is 0 Å². The minimum Gasteiger partial charge on any atom is -0.504 e. The Bertz CT molecular complexity index is 533. The minimum absolute atomic E-state index is 0.0828. The van der Waals surface area contributed by atoms with Gasteiger partial charge in [0.1, 0.15) is 16.4 Å². The average molecular weight is 272 g/mol. The summed E-state index contributed by atoms with van der Waals surface area (Å²) in [6, 6.07) is 4.07. The molecular weight excluding hydrogens is 256 g/mol. The number of aromatic hydroxyl groups is 1. The Labute approximate surface area is 106 Å². The maximum atomic E-state index is 12.0. The highest BCUT2D eigenvalue weighted by atomic mass is 32.2. The molecule has 1 aromatic carbocycles. The highest BCUT2D eigenvalue weighted by molar-refractivity contribution is 7.92. The van der Waals surface area contributed by atoms with Gasteiger partial charge in [0.2, 0.25) is 0 Å².